The molecule has 0 saturated carbocycles. The number of nitrogens with one attached hydrogen (secondary N) is 1. The lowest BCUT2D eigenvalue weighted by atomic mass is 10.1. The first-order valence-electron chi connectivity index (χ1n) is 7.90. The summed E-state index contributed by atoms with van der Waals surface area (Å²) in [4.78, 5) is 32.2. The van der Waals surface area contributed by atoms with Gasteiger partial charge in [0.05, 0.1) is 0 Å². The SMILES string of the molecule is Cc1nc(SC(F)F)[nH]c(=O)c1CCC(=O)N(C)Cc1ccc(Cl)cc1Cl. The molecular formula is C17H17Cl2F2N3O2S. The number of carbonyl (C=O) groups excluding carboxylic acids is 1. The fourth-order valence-corrected chi connectivity index (χ4v) is 3.41. The Morgan fingerprint density at radius 1 is 1.37 bits per heavy atom. The molecule has 0 aliphatic carbocycles. The van der Waals surface area contributed by atoms with Crippen LogP contribution in [0, 0.1) is 6.92 Å². The van der Waals surface area contributed by atoms with Gasteiger partial charge in [0.15, 0.2) is 5.16 Å². The van der Waals surface area contributed by atoms with E-state index in [1.807, 2.05) is 0 Å². The zero-order valence-corrected chi connectivity index (χ0v) is 16.9. The second-order valence-electron chi connectivity index (χ2n) is 5.80. The monoisotopic (exact) mass is 435 g/mol. The molecule has 0 bridgehead atoms. The van der Waals surface area contributed by atoms with E-state index in [4.69, 9.17) is 23.2 Å². The molecule has 0 aliphatic heterocycles. The summed E-state index contributed by atoms with van der Waals surface area (Å²) in [6.07, 6.45) is 0.236. The summed E-state index contributed by atoms with van der Waals surface area (Å²) < 4.78 is 24.8. The lowest BCUT2D eigenvalue weighted by Gasteiger charge is -2.18. The van der Waals surface area contributed by atoms with Gasteiger partial charge in [0.25, 0.3) is 11.3 Å². The molecule has 5 nitrogen and oxygen atoms in total. The molecule has 0 radical (unpaired) electrons. The highest BCUT2D eigenvalue weighted by molar-refractivity contribution is 7.99. The Balaban J connectivity index is 2.01. The highest BCUT2D eigenvalue weighted by atomic mass is 35.5. The fourth-order valence-electron chi connectivity index (χ4n) is 2.44. The predicted molar refractivity (Wildman–Crippen MR) is 103 cm³/mol. The molecule has 0 atom stereocenters. The van der Waals surface area contributed by atoms with Crippen LogP contribution in [0.3, 0.4) is 0 Å². The molecule has 0 aliphatic rings. The topological polar surface area (TPSA) is 66.1 Å². The summed E-state index contributed by atoms with van der Waals surface area (Å²) in [7, 11) is 1.63. The highest BCUT2D eigenvalue weighted by Gasteiger charge is 2.16. The van der Waals surface area contributed by atoms with E-state index in [2.05, 4.69) is 9.97 Å². The fraction of sp³-hybridized carbons (Fsp3) is 0.353. The maximum atomic E-state index is 12.4. The average molecular weight is 436 g/mol. The number of aryl methyl sites for hydroxylation is 1. The van der Waals surface area contributed by atoms with Gasteiger partial charge in [0.2, 0.25) is 5.91 Å². The number of aromatic nitrogens is 2. The lowest BCUT2D eigenvalue weighted by molar-refractivity contribution is -0.130. The van der Waals surface area contributed by atoms with Gasteiger partial charge in [-0.2, -0.15) is 8.78 Å². The van der Waals surface area contributed by atoms with Crippen LogP contribution >= 0.6 is 35.0 Å². The minimum absolute atomic E-state index is 0.0780. The van der Waals surface area contributed by atoms with Crippen molar-refractivity contribution in [2.75, 3.05) is 7.05 Å². The molecule has 0 spiro atoms. The van der Waals surface area contributed by atoms with E-state index in [1.165, 1.54) is 4.90 Å². The minimum atomic E-state index is -2.67. The first-order valence-corrected chi connectivity index (χ1v) is 9.53. The summed E-state index contributed by atoms with van der Waals surface area (Å²) in [6, 6.07) is 5.03. The van der Waals surface area contributed by atoms with Crippen LogP contribution in [0.25, 0.3) is 0 Å². The van der Waals surface area contributed by atoms with Crippen LogP contribution in [0.4, 0.5) is 8.78 Å². The zero-order valence-electron chi connectivity index (χ0n) is 14.6. The Labute approximate surface area is 169 Å². The third-order valence-corrected chi connectivity index (χ3v) is 5.02. The van der Waals surface area contributed by atoms with Crippen molar-refractivity contribution < 1.29 is 13.6 Å². The molecule has 0 saturated heterocycles. The Kier molecular flexibility index (Phi) is 7.64. The molecule has 1 amide bonds. The first kappa shape index (κ1) is 21.7. The minimum Gasteiger partial charge on any atom is -0.341 e. The van der Waals surface area contributed by atoms with E-state index in [9.17, 15) is 18.4 Å². The van der Waals surface area contributed by atoms with Gasteiger partial charge in [-0.15, -0.1) is 0 Å². The third-order valence-electron chi connectivity index (χ3n) is 3.84. The van der Waals surface area contributed by atoms with Crippen LogP contribution in [0.1, 0.15) is 23.2 Å². The predicted octanol–water partition coefficient (Wildman–Crippen LogP) is 4.29. The van der Waals surface area contributed by atoms with Crippen molar-refractivity contribution >= 4 is 40.9 Å². The molecule has 0 fully saturated rings. The smallest absolute Gasteiger partial charge is 0.291 e. The normalized spacial score (nSPS) is 11.1. The van der Waals surface area contributed by atoms with Gasteiger partial charge in [-0.3, -0.25) is 9.59 Å². The summed E-state index contributed by atoms with van der Waals surface area (Å²) in [5, 5.41) is 0.830. The Morgan fingerprint density at radius 3 is 2.67 bits per heavy atom. The van der Waals surface area contributed by atoms with Gasteiger partial charge >= 0.3 is 0 Å². The van der Waals surface area contributed by atoms with Crippen molar-refractivity contribution in [2.45, 2.75) is 37.2 Å². The third kappa shape index (κ3) is 6.19. The number of nitrogens with zero attached hydrogens (tertiary/aromatic N) is 2. The van der Waals surface area contributed by atoms with Crippen molar-refractivity contribution in [1.82, 2.24) is 14.9 Å². The quantitative estimate of drug-likeness (QED) is 0.520. The van der Waals surface area contributed by atoms with Crippen molar-refractivity contribution in [3.63, 3.8) is 0 Å². The van der Waals surface area contributed by atoms with Gasteiger partial charge in [-0.25, -0.2) is 4.98 Å². The number of hydrogen-bond acceptors (Lipinski definition) is 4. The van der Waals surface area contributed by atoms with Crippen molar-refractivity contribution in [3.8, 4) is 0 Å². The Morgan fingerprint density at radius 2 is 2.07 bits per heavy atom. The molecule has 146 valence electrons. The number of alkyl halides is 2. The molecule has 2 rings (SSSR count). The summed E-state index contributed by atoms with van der Waals surface area (Å²) in [5.41, 5.74) is 0.876. The Hall–Kier alpha value is -1.64. The van der Waals surface area contributed by atoms with Crippen LogP contribution in [-0.2, 0) is 17.8 Å². The number of hydrogen-bond donors (Lipinski definition) is 1. The van der Waals surface area contributed by atoms with E-state index in [0.717, 1.165) is 5.56 Å². The van der Waals surface area contributed by atoms with E-state index < -0.39 is 11.3 Å². The van der Waals surface area contributed by atoms with Crippen LogP contribution in [-0.4, -0.2) is 33.6 Å². The Bertz CT molecular complexity index is 893. The first-order chi connectivity index (χ1) is 12.7. The summed E-state index contributed by atoms with van der Waals surface area (Å²) >= 11 is 12.1. The van der Waals surface area contributed by atoms with Crippen LogP contribution in [0.15, 0.2) is 28.2 Å². The number of benzene rings is 1. The maximum absolute atomic E-state index is 12.4. The molecular weight excluding hydrogens is 419 g/mol. The van der Waals surface area contributed by atoms with Crippen molar-refractivity contribution in [3.05, 3.63) is 55.4 Å². The van der Waals surface area contributed by atoms with Crippen LogP contribution < -0.4 is 5.56 Å². The number of halogens is 4. The maximum Gasteiger partial charge on any atom is 0.291 e. The molecule has 1 N–H and O–H groups in total. The molecule has 10 heteroatoms. The second-order valence-corrected chi connectivity index (χ2v) is 7.62. The molecule has 1 aromatic carbocycles. The largest absolute Gasteiger partial charge is 0.341 e. The lowest BCUT2D eigenvalue weighted by Crippen LogP contribution is -2.27. The van der Waals surface area contributed by atoms with E-state index in [1.54, 1.807) is 32.2 Å². The van der Waals surface area contributed by atoms with Crippen molar-refractivity contribution in [1.29, 1.82) is 0 Å². The molecule has 1 aromatic heterocycles. The summed E-state index contributed by atoms with van der Waals surface area (Å²) in [6.45, 7) is 1.86. The number of amides is 1. The summed E-state index contributed by atoms with van der Waals surface area (Å²) in [5.74, 6) is -2.86. The van der Waals surface area contributed by atoms with Gasteiger partial charge < -0.3 is 9.88 Å². The van der Waals surface area contributed by atoms with Crippen molar-refractivity contribution in [2.24, 2.45) is 0 Å². The van der Waals surface area contributed by atoms with E-state index in [0.29, 0.717) is 27.8 Å². The van der Waals surface area contributed by atoms with E-state index >= 15 is 0 Å². The number of carbonyl (C=O) groups is 1. The van der Waals surface area contributed by atoms with Gasteiger partial charge in [-0.05, 0) is 42.8 Å². The van der Waals surface area contributed by atoms with Gasteiger partial charge in [0, 0.05) is 41.3 Å². The number of rotatable bonds is 7. The molecule has 2 aromatic rings. The number of aromatic amines is 1. The van der Waals surface area contributed by atoms with Gasteiger partial charge in [-0.1, -0.05) is 29.3 Å². The number of H-pyrrole nitrogens is 1. The number of thioether (sulfide) groups is 1. The van der Waals surface area contributed by atoms with E-state index in [-0.39, 0.29) is 35.7 Å². The van der Waals surface area contributed by atoms with Crippen LogP contribution in [0.2, 0.25) is 10.0 Å². The zero-order chi connectivity index (χ0) is 20.1. The standard InChI is InChI=1S/C17H17Cl2F2N3O2S/c1-9-12(15(26)23-17(22-9)27-16(20)21)5-6-14(25)24(2)8-10-3-4-11(18)7-13(10)19/h3-4,7,16H,5-6,8H2,1-2H3,(H,22,23,26). The molecule has 1 heterocycles. The second kappa shape index (κ2) is 9.52. The van der Waals surface area contributed by atoms with Crippen LogP contribution in [0.5, 0.6) is 0 Å². The molecule has 27 heavy (non-hydrogen) atoms. The molecule has 0 unspecified atom stereocenters. The highest BCUT2D eigenvalue weighted by Crippen LogP contribution is 2.23. The average Bonchev–Trinajstić information content (AvgIpc) is 2.55. The van der Waals surface area contributed by atoms with Gasteiger partial charge in [0.1, 0.15) is 0 Å².